The quantitative estimate of drug-likeness (QED) is 0.254. The summed E-state index contributed by atoms with van der Waals surface area (Å²) in [5.41, 5.74) is 0. The van der Waals surface area contributed by atoms with Crippen LogP contribution in [0.15, 0.2) is 0 Å². The third kappa shape index (κ3) is 16.1. The Morgan fingerprint density at radius 3 is 1.80 bits per heavy atom. The van der Waals surface area contributed by atoms with Gasteiger partial charge in [0.15, 0.2) is 0 Å². The average molecular weight is 282 g/mol. The first kappa shape index (κ1) is 20.0. The molecule has 121 valence electrons. The van der Waals surface area contributed by atoms with Crippen molar-refractivity contribution >= 4 is 0 Å². The highest BCUT2D eigenvalue weighted by Gasteiger charge is 2.02. The average Bonchev–Trinajstić information content (AvgIpc) is 2.45. The largest absolute Gasteiger partial charge is 0.0654 e. The molecule has 0 aromatic carbocycles. The van der Waals surface area contributed by atoms with E-state index in [0.717, 1.165) is 5.92 Å². The van der Waals surface area contributed by atoms with Crippen molar-refractivity contribution in [1.82, 2.24) is 0 Å². The van der Waals surface area contributed by atoms with E-state index in [0.29, 0.717) is 0 Å². The van der Waals surface area contributed by atoms with Crippen molar-refractivity contribution in [3.8, 4) is 0 Å². The van der Waals surface area contributed by atoms with Crippen LogP contribution in [0.25, 0.3) is 0 Å². The second kappa shape index (κ2) is 17.1. The number of unbranched alkanes of at least 4 members (excludes halogenated alkanes) is 12. The highest BCUT2D eigenvalue weighted by Crippen LogP contribution is 2.18. The van der Waals surface area contributed by atoms with Gasteiger partial charge in [0.05, 0.1) is 0 Å². The van der Waals surface area contributed by atoms with E-state index in [9.17, 15) is 0 Å². The van der Waals surface area contributed by atoms with Gasteiger partial charge in [-0.25, -0.2) is 0 Å². The van der Waals surface area contributed by atoms with Gasteiger partial charge >= 0.3 is 0 Å². The molecule has 0 aromatic rings. The van der Waals surface area contributed by atoms with E-state index in [-0.39, 0.29) is 0 Å². The second-order valence-corrected chi connectivity index (χ2v) is 6.73. The van der Waals surface area contributed by atoms with Gasteiger partial charge in [0, 0.05) is 0 Å². The minimum absolute atomic E-state index is 0.942. The molecule has 0 saturated carbocycles. The molecule has 0 amide bonds. The zero-order chi connectivity index (χ0) is 14.9. The monoisotopic (exact) mass is 281 g/mol. The van der Waals surface area contributed by atoms with Crippen molar-refractivity contribution in [3.05, 3.63) is 6.42 Å². The van der Waals surface area contributed by atoms with E-state index >= 15 is 0 Å². The Hall–Kier alpha value is 0. The predicted octanol–water partition coefficient (Wildman–Crippen LogP) is 7.72. The van der Waals surface area contributed by atoms with Gasteiger partial charge in [-0.1, -0.05) is 111 Å². The second-order valence-electron chi connectivity index (χ2n) is 6.73. The first-order valence-corrected chi connectivity index (χ1v) is 9.62. The molecule has 0 nitrogen and oxygen atoms in total. The Bertz CT molecular complexity index is 161. The van der Waals surface area contributed by atoms with Crippen LogP contribution in [0.5, 0.6) is 0 Å². The molecular formula is C20H41. The van der Waals surface area contributed by atoms with E-state index < -0.39 is 0 Å². The minimum Gasteiger partial charge on any atom is -0.0654 e. The summed E-state index contributed by atoms with van der Waals surface area (Å²) in [5, 5.41) is 0. The number of rotatable bonds is 16. The Labute approximate surface area is 130 Å². The first-order valence-electron chi connectivity index (χ1n) is 9.62. The van der Waals surface area contributed by atoms with E-state index in [1.165, 1.54) is 96.3 Å². The topological polar surface area (TPSA) is 0 Å². The highest BCUT2D eigenvalue weighted by atomic mass is 14.1. The molecule has 0 heterocycles. The Balaban J connectivity index is 3.10. The summed E-state index contributed by atoms with van der Waals surface area (Å²) in [6.45, 7) is 7.03. The van der Waals surface area contributed by atoms with Gasteiger partial charge in [0.2, 0.25) is 0 Å². The van der Waals surface area contributed by atoms with E-state index in [4.69, 9.17) is 0 Å². The molecule has 0 fully saturated rings. The SMILES string of the molecule is CCCCCCC[CH]CCC(C)CCCCCCCC. The van der Waals surface area contributed by atoms with Crippen LogP contribution in [-0.2, 0) is 0 Å². The lowest BCUT2D eigenvalue weighted by Gasteiger charge is -2.10. The van der Waals surface area contributed by atoms with Gasteiger partial charge in [0.1, 0.15) is 0 Å². The molecule has 0 heteroatoms. The lowest BCUT2D eigenvalue weighted by molar-refractivity contribution is 0.451. The van der Waals surface area contributed by atoms with Crippen molar-refractivity contribution < 1.29 is 0 Å². The van der Waals surface area contributed by atoms with Gasteiger partial charge in [-0.2, -0.15) is 0 Å². The maximum absolute atomic E-state index is 2.55. The molecule has 0 rings (SSSR count). The fourth-order valence-electron chi connectivity index (χ4n) is 2.86. The van der Waals surface area contributed by atoms with Gasteiger partial charge in [-0.05, 0) is 18.8 Å². The first-order chi connectivity index (χ1) is 9.81. The zero-order valence-corrected chi connectivity index (χ0v) is 14.8. The van der Waals surface area contributed by atoms with Crippen LogP contribution in [0.4, 0.5) is 0 Å². The van der Waals surface area contributed by atoms with Crippen LogP contribution < -0.4 is 0 Å². The van der Waals surface area contributed by atoms with Crippen molar-refractivity contribution in [2.45, 2.75) is 117 Å². The van der Waals surface area contributed by atoms with Crippen molar-refractivity contribution in [2.75, 3.05) is 0 Å². The van der Waals surface area contributed by atoms with Crippen LogP contribution in [0.1, 0.15) is 117 Å². The lowest BCUT2D eigenvalue weighted by atomic mass is 9.96. The van der Waals surface area contributed by atoms with Crippen molar-refractivity contribution in [2.24, 2.45) is 5.92 Å². The molecule has 0 N–H and O–H groups in total. The van der Waals surface area contributed by atoms with Crippen LogP contribution in [0, 0.1) is 12.3 Å². The molecule has 0 aliphatic heterocycles. The maximum Gasteiger partial charge on any atom is -0.0386 e. The van der Waals surface area contributed by atoms with Crippen LogP contribution in [0.3, 0.4) is 0 Å². The highest BCUT2D eigenvalue weighted by molar-refractivity contribution is 4.67. The van der Waals surface area contributed by atoms with Gasteiger partial charge in [-0.15, -0.1) is 0 Å². The van der Waals surface area contributed by atoms with Crippen LogP contribution in [-0.4, -0.2) is 0 Å². The van der Waals surface area contributed by atoms with Crippen molar-refractivity contribution in [1.29, 1.82) is 0 Å². The summed E-state index contributed by atoms with van der Waals surface area (Å²) in [5.74, 6) is 0.942. The fraction of sp³-hybridized carbons (Fsp3) is 0.950. The van der Waals surface area contributed by atoms with Crippen LogP contribution in [0.2, 0.25) is 0 Å². The summed E-state index contributed by atoms with van der Waals surface area (Å²) in [6.07, 6.45) is 23.9. The molecule has 0 aliphatic rings. The van der Waals surface area contributed by atoms with E-state index in [2.05, 4.69) is 27.2 Å². The number of hydrogen-bond donors (Lipinski definition) is 0. The Morgan fingerprint density at radius 1 is 0.600 bits per heavy atom. The molecule has 0 aliphatic carbocycles. The molecule has 0 spiro atoms. The van der Waals surface area contributed by atoms with Crippen molar-refractivity contribution in [3.63, 3.8) is 0 Å². The molecule has 1 unspecified atom stereocenters. The third-order valence-corrected chi connectivity index (χ3v) is 4.43. The van der Waals surface area contributed by atoms with Gasteiger partial charge in [-0.3, -0.25) is 0 Å². The molecular weight excluding hydrogens is 240 g/mol. The smallest absolute Gasteiger partial charge is 0.0386 e. The molecule has 0 bridgehead atoms. The fourth-order valence-corrected chi connectivity index (χ4v) is 2.86. The van der Waals surface area contributed by atoms with E-state index in [1.54, 1.807) is 0 Å². The normalized spacial score (nSPS) is 12.8. The van der Waals surface area contributed by atoms with Gasteiger partial charge < -0.3 is 0 Å². The standard InChI is InChI=1S/C20H41/c1-4-6-8-10-12-13-15-17-19-20(3)18-16-14-11-9-7-5-2/h15,20H,4-14,16-19H2,1-3H3. The third-order valence-electron chi connectivity index (χ3n) is 4.43. The molecule has 0 saturated heterocycles. The van der Waals surface area contributed by atoms with Gasteiger partial charge in [0.25, 0.3) is 0 Å². The summed E-state index contributed by atoms with van der Waals surface area (Å²) in [6, 6.07) is 0. The lowest BCUT2D eigenvalue weighted by Crippen LogP contribution is -1.95. The summed E-state index contributed by atoms with van der Waals surface area (Å²) in [7, 11) is 0. The summed E-state index contributed by atoms with van der Waals surface area (Å²) < 4.78 is 0. The summed E-state index contributed by atoms with van der Waals surface area (Å²) >= 11 is 0. The minimum atomic E-state index is 0.942. The predicted molar refractivity (Wildman–Crippen MR) is 94.1 cm³/mol. The summed E-state index contributed by atoms with van der Waals surface area (Å²) in [4.78, 5) is 0. The van der Waals surface area contributed by atoms with Crippen LogP contribution >= 0.6 is 0 Å². The molecule has 1 radical (unpaired) electrons. The molecule has 20 heavy (non-hydrogen) atoms. The van der Waals surface area contributed by atoms with E-state index in [1.807, 2.05) is 0 Å². The number of hydrogen-bond acceptors (Lipinski definition) is 0. The zero-order valence-electron chi connectivity index (χ0n) is 14.8. The maximum atomic E-state index is 2.55. The molecule has 1 atom stereocenters. The Morgan fingerprint density at radius 2 is 1.15 bits per heavy atom. The Kier molecular flexibility index (Phi) is 17.1. The molecule has 0 aromatic heterocycles.